The molecule has 0 amide bonds. The van der Waals surface area contributed by atoms with Crippen LogP contribution in [0.15, 0.2) is 23.1 Å². The number of sulfonamides is 1. The van der Waals surface area contributed by atoms with Crippen LogP contribution < -0.4 is 10.0 Å². The van der Waals surface area contributed by atoms with E-state index in [0.717, 1.165) is 25.5 Å². The molecule has 0 aromatic heterocycles. The highest BCUT2D eigenvalue weighted by Gasteiger charge is 2.23. The minimum Gasteiger partial charge on any atom is -0.313 e. The number of halogens is 1. The standard InChI is InChI=1S/C12H17FN2O2S/c1-9-4-2-6-11(13)12(9)18(16,17)15-8-10-5-3-7-14-10/h2,4,6,10,14-15H,3,5,7-8H2,1H3. The molecule has 1 aliphatic heterocycles. The Labute approximate surface area is 107 Å². The predicted molar refractivity (Wildman–Crippen MR) is 67.4 cm³/mol. The second kappa shape index (κ2) is 5.34. The van der Waals surface area contributed by atoms with Crippen molar-refractivity contribution in [3.63, 3.8) is 0 Å². The summed E-state index contributed by atoms with van der Waals surface area (Å²) in [7, 11) is -3.77. The summed E-state index contributed by atoms with van der Waals surface area (Å²) < 4.78 is 40.2. The largest absolute Gasteiger partial charge is 0.313 e. The van der Waals surface area contributed by atoms with Crippen molar-refractivity contribution in [1.82, 2.24) is 10.0 Å². The van der Waals surface area contributed by atoms with Crippen molar-refractivity contribution in [3.05, 3.63) is 29.6 Å². The summed E-state index contributed by atoms with van der Waals surface area (Å²) >= 11 is 0. The molecule has 0 saturated carbocycles. The zero-order valence-electron chi connectivity index (χ0n) is 10.2. The van der Waals surface area contributed by atoms with Crippen LogP contribution >= 0.6 is 0 Å². The van der Waals surface area contributed by atoms with Gasteiger partial charge in [0.2, 0.25) is 10.0 Å². The first-order chi connectivity index (χ1) is 8.50. The molecule has 1 saturated heterocycles. The van der Waals surface area contributed by atoms with Crippen LogP contribution in [-0.2, 0) is 10.0 Å². The third-order valence-electron chi connectivity index (χ3n) is 3.11. The van der Waals surface area contributed by atoms with Gasteiger partial charge in [-0.05, 0) is 37.9 Å². The van der Waals surface area contributed by atoms with E-state index in [4.69, 9.17) is 0 Å². The quantitative estimate of drug-likeness (QED) is 0.865. The van der Waals surface area contributed by atoms with Gasteiger partial charge < -0.3 is 5.32 Å². The molecule has 1 aromatic carbocycles. The van der Waals surface area contributed by atoms with Gasteiger partial charge in [-0.2, -0.15) is 0 Å². The Morgan fingerprint density at radius 2 is 2.28 bits per heavy atom. The van der Waals surface area contributed by atoms with Gasteiger partial charge >= 0.3 is 0 Å². The lowest BCUT2D eigenvalue weighted by Crippen LogP contribution is -2.37. The van der Waals surface area contributed by atoms with Crippen LogP contribution in [0.3, 0.4) is 0 Å². The maximum atomic E-state index is 13.6. The fourth-order valence-electron chi connectivity index (χ4n) is 2.17. The minimum atomic E-state index is -3.77. The zero-order chi connectivity index (χ0) is 13.2. The van der Waals surface area contributed by atoms with Crippen molar-refractivity contribution >= 4 is 10.0 Å². The highest BCUT2D eigenvalue weighted by atomic mass is 32.2. The Morgan fingerprint density at radius 3 is 2.89 bits per heavy atom. The van der Waals surface area contributed by atoms with Crippen molar-refractivity contribution in [2.24, 2.45) is 0 Å². The lowest BCUT2D eigenvalue weighted by atomic mass is 10.2. The monoisotopic (exact) mass is 272 g/mol. The van der Waals surface area contributed by atoms with Gasteiger partial charge in [0.25, 0.3) is 0 Å². The summed E-state index contributed by atoms with van der Waals surface area (Å²) in [5.74, 6) is -0.707. The van der Waals surface area contributed by atoms with Crippen LogP contribution in [0.4, 0.5) is 4.39 Å². The second-order valence-electron chi connectivity index (χ2n) is 4.53. The molecule has 4 nitrogen and oxygen atoms in total. The summed E-state index contributed by atoms with van der Waals surface area (Å²) in [5.41, 5.74) is 0.418. The minimum absolute atomic E-state index is 0.145. The molecule has 0 bridgehead atoms. The second-order valence-corrected chi connectivity index (χ2v) is 6.23. The summed E-state index contributed by atoms with van der Waals surface area (Å²) in [6.07, 6.45) is 1.99. The molecular weight excluding hydrogens is 255 g/mol. The van der Waals surface area contributed by atoms with Gasteiger partial charge in [0.15, 0.2) is 0 Å². The van der Waals surface area contributed by atoms with Gasteiger partial charge in [-0.25, -0.2) is 17.5 Å². The topological polar surface area (TPSA) is 58.2 Å². The molecule has 1 aliphatic rings. The highest BCUT2D eigenvalue weighted by Crippen LogP contribution is 2.18. The van der Waals surface area contributed by atoms with E-state index in [2.05, 4.69) is 10.0 Å². The Bertz CT molecular complexity index is 505. The van der Waals surface area contributed by atoms with E-state index in [1.807, 2.05) is 0 Å². The Balaban J connectivity index is 2.15. The average Bonchev–Trinajstić information content (AvgIpc) is 2.78. The first kappa shape index (κ1) is 13.5. The molecule has 1 fully saturated rings. The molecule has 1 unspecified atom stereocenters. The van der Waals surface area contributed by atoms with E-state index in [1.165, 1.54) is 6.07 Å². The molecule has 2 rings (SSSR count). The molecule has 0 aliphatic carbocycles. The fourth-order valence-corrected chi connectivity index (χ4v) is 3.55. The van der Waals surface area contributed by atoms with Gasteiger partial charge in [-0.1, -0.05) is 12.1 Å². The van der Waals surface area contributed by atoms with Crippen LogP contribution in [0.1, 0.15) is 18.4 Å². The van der Waals surface area contributed by atoms with E-state index in [1.54, 1.807) is 13.0 Å². The van der Waals surface area contributed by atoms with E-state index in [9.17, 15) is 12.8 Å². The normalized spacial score (nSPS) is 20.2. The van der Waals surface area contributed by atoms with Crippen LogP contribution in [0.2, 0.25) is 0 Å². The van der Waals surface area contributed by atoms with Crippen molar-refractivity contribution in [1.29, 1.82) is 0 Å². The number of rotatable bonds is 4. The summed E-state index contributed by atoms with van der Waals surface area (Å²) in [6.45, 7) is 2.80. The molecule has 0 spiro atoms. The first-order valence-corrected chi connectivity index (χ1v) is 7.47. The summed E-state index contributed by atoms with van der Waals surface area (Å²) in [5, 5.41) is 3.19. The van der Waals surface area contributed by atoms with Crippen molar-refractivity contribution in [2.45, 2.75) is 30.7 Å². The first-order valence-electron chi connectivity index (χ1n) is 5.99. The highest BCUT2D eigenvalue weighted by molar-refractivity contribution is 7.89. The summed E-state index contributed by atoms with van der Waals surface area (Å²) in [4.78, 5) is -0.247. The molecular formula is C12H17FN2O2S. The van der Waals surface area contributed by atoms with Crippen LogP contribution in [0.5, 0.6) is 0 Å². The number of hydrogen-bond acceptors (Lipinski definition) is 3. The molecule has 2 N–H and O–H groups in total. The van der Waals surface area contributed by atoms with Crippen LogP contribution in [0, 0.1) is 12.7 Å². The maximum Gasteiger partial charge on any atom is 0.243 e. The molecule has 0 radical (unpaired) electrons. The zero-order valence-corrected chi connectivity index (χ0v) is 11.1. The number of benzene rings is 1. The van der Waals surface area contributed by atoms with Gasteiger partial charge in [0.05, 0.1) is 0 Å². The SMILES string of the molecule is Cc1cccc(F)c1S(=O)(=O)NCC1CCCN1. The van der Waals surface area contributed by atoms with E-state index < -0.39 is 15.8 Å². The molecule has 1 aromatic rings. The molecule has 6 heteroatoms. The van der Waals surface area contributed by atoms with Gasteiger partial charge in [-0.3, -0.25) is 0 Å². The number of nitrogens with one attached hydrogen (secondary N) is 2. The van der Waals surface area contributed by atoms with E-state index >= 15 is 0 Å². The lowest BCUT2D eigenvalue weighted by Gasteiger charge is -2.13. The third-order valence-corrected chi connectivity index (χ3v) is 4.72. The fraction of sp³-hybridized carbons (Fsp3) is 0.500. The maximum absolute atomic E-state index is 13.6. The predicted octanol–water partition coefficient (Wildman–Crippen LogP) is 1.16. The van der Waals surface area contributed by atoms with Crippen molar-refractivity contribution in [2.75, 3.05) is 13.1 Å². The smallest absolute Gasteiger partial charge is 0.243 e. The Hall–Kier alpha value is -0.980. The average molecular weight is 272 g/mol. The van der Waals surface area contributed by atoms with Crippen LogP contribution in [-0.4, -0.2) is 27.5 Å². The van der Waals surface area contributed by atoms with Crippen molar-refractivity contribution < 1.29 is 12.8 Å². The number of aryl methyl sites for hydroxylation is 1. The molecule has 1 heterocycles. The van der Waals surface area contributed by atoms with Gasteiger partial charge in [-0.15, -0.1) is 0 Å². The third kappa shape index (κ3) is 2.88. The van der Waals surface area contributed by atoms with Crippen LogP contribution in [0.25, 0.3) is 0 Å². The van der Waals surface area contributed by atoms with Gasteiger partial charge in [0.1, 0.15) is 10.7 Å². The number of hydrogen-bond donors (Lipinski definition) is 2. The van der Waals surface area contributed by atoms with E-state index in [-0.39, 0.29) is 10.9 Å². The van der Waals surface area contributed by atoms with Crippen molar-refractivity contribution in [3.8, 4) is 0 Å². The van der Waals surface area contributed by atoms with Gasteiger partial charge in [0, 0.05) is 12.6 Å². The molecule has 1 atom stereocenters. The summed E-state index contributed by atoms with van der Waals surface area (Å²) in [6, 6.07) is 4.40. The lowest BCUT2D eigenvalue weighted by molar-refractivity contribution is 0.537. The molecule has 18 heavy (non-hydrogen) atoms. The Kier molecular flexibility index (Phi) is 3.99. The Morgan fingerprint density at radius 1 is 1.50 bits per heavy atom. The molecule has 100 valence electrons. The van der Waals surface area contributed by atoms with E-state index in [0.29, 0.717) is 12.1 Å².